The summed E-state index contributed by atoms with van der Waals surface area (Å²) >= 11 is 0. The van der Waals surface area contributed by atoms with E-state index in [4.69, 9.17) is 0 Å². The van der Waals surface area contributed by atoms with Crippen LogP contribution in [0.3, 0.4) is 0 Å². The number of amides is 1. The maximum absolute atomic E-state index is 12.9. The van der Waals surface area contributed by atoms with Gasteiger partial charge in [-0.25, -0.2) is 10.4 Å². The van der Waals surface area contributed by atoms with E-state index in [2.05, 4.69) is 88.3 Å². The molecule has 2 bridgehead atoms. The van der Waals surface area contributed by atoms with Gasteiger partial charge < -0.3 is 0 Å². The van der Waals surface area contributed by atoms with Gasteiger partial charge in [0, 0.05) is 28.3 Å². The van der Waals surface area contributed by atoms with Crippen molar-refractivity contribution in [2.24, 2.45) is 22.9 Å². The van der Waals surface area contributed by atoms with Gasteiger partial charge in [0.25, 0.3) is 5.91 Å². The molecule has 1 aromatic heterocycles. The van der Waals surface area contributed by atoms with E-state index in [1.54, 1.807) is 6.07 Å². The molecule has 170 valence electrons. The van der Waals surface area contributed by atoms with Crippen molar-refractivity contribution in [2.75, 3.05) is 0 Å². The summed E-state index contributed by atoms with van der Waals surface area (Å²) in [5, 5.41) is 5.53. The van der Waals surface area contributed by atoms with Gasteiger partial charge in [0.15, 0.2) is 0 Å². The van der Waals surface area contributed by atoms with Crippen molar-refractivity contribution in [1.82, 2.24) is 10.4 Å². The average molecular weight is 456 g/mol. The molecule has 3 aliphatic rings. The Bertz CT molecular complexity index is 1430. The molecule has 0 aliphatic heterocycles. The Morgan fingerprint density at radius 1 is 0.800 bits per heavy atom. The minimum absolute atomic E-state index is 0.0372. The molecule has 0 spiro atoms. The van der Waals surface area contributed by atoms with Crippen LogP contribution in [-0.2, 0) is 10.8 Å². The molecule has 2 saturated carbocycles. The number of carbonyl (C=O) groups excluding carboxylic acids is 1. The van der Waals surface area contributed by atoms with E-state index in [1.165, 1.54) is 17.5 Å². The third kappa shape index (κ3) is 2.65. The second-order valence-corrected chi connectivity index (χ2v) is 9.89. The molecule has 2 fully saturated rings. The number of allylic oxidation sites excluding steroid dienone is 2. The second-order valence-electron chi connectivity index (χ2n) is 9.89. The first kappa shape index (κ1) is 20.3. The van der Waals surface area contributed by atoms with E-state index in [0.717, 1.165) is 10.9 Å². The van der Waals surface area contributed by atoms with Gasteiger partial charge in [-0.3, -0.25) is 4.79 Å². The third-order valence-electron chi connectivity index (χ3n) is 8.56. The number of hydrazone groups is 1. The van der Waals surface area contributed by atoms with Crippen LogP contribution in [0, 0.1) is 17.8 Å². The van der Waals surface area contributed by atoms with Gasteiger partial charge in [-0.2, -0.15) is 5.10 Å². The number of benzene rings is 3. The monoisotopic (exact) mass is 455 g/mol. The molecule has 7 rings (SSSR count). The van der Waals surface area contributed by atoms with Crippen molar-refractivity contribution >= 4 is 23.0 Å². The summed E-state index contributed by atoms with van der Waals surface area (Å²) < 4.78 is 0. The Morgan fingerprint density at radius 2 is 1.40 bits per heavy atom. The van der Waals surface area contributed by atoms with E-state index in [-0.39, 0.29) is 22.7 Å². The van der Waals surface area contributed by atoms with Gasteiger partial charge in [-0.15, -0.1) is 0 Å². The van der Waals surface area contributed by atoms with Crippen LogP contribution >= 0.6 is 0 Å². The van der Waals surface area contributed by atoms with E-state index in [1.807, 2.05) is 36.5 Å². The minimum atomic E-state index is -0.290. The van der Waals surface area contributed by atoms with Crippen molar-refractivity contribution in [3.05, 3.63) is 126 Å². The van der Waals surface area contributed by atoms with Gasteiger partial charge in [-0.1, -0.05) is 97.1 Å². The first-order valence-electron chi connectivity index (χ1n) is 12.2. The molecule has 0 radical (unpaired) electrons. The zero-order chi connectivity index (χ0) is 23.5. The molecular weight excluding hydrogens is 430 g/mol. The molecule has 0 saturated heterocycles. The summed E-state index contributed by atoms with van der Waals surface area (Å²) in [6.45, 7) is 0. The van der Waals surface area contributed by atoms with E-state index in [9.17, 15) is 4.79 Å². The van der Waals surface area contributed by atoms with E-state index in [0.29, 0.717) is 17.5 Å². The normalized spacial score (nSPS) is 30.0. The molecule has 0 unspecified atom stereocenters. The van der Waals surface area contributed by atoms with Crippen LogP contribution in [0.15, 0.2) is 114 Å². The smallest absolute Gasteiger partial charge is 0.266 e. The average Bonchev–Trinajstić information content (AvgIpc) is 3.15. The highest BCUT2D eigenvalue weighted by Gasteiger charge is 2.85. The Kier molecular flexibility index (Phi) is 4.34. The first-order chi connectivity index (χ1) is 17.3. The van der Waals surface area contributed by atoms with Crippen molar-refractivity contribution < 1.29 is 4.79 Å². The highest BCUT2D eigenvalue weighted by Crippen LogP contribution is 2.83. The minimum Gasteiger partial charge on any atom is -0.266 e. The zero-order valence-corrected chi connectivity index (χ0v) is 19.2. The maximum atomic E-state index is 12.9. The quantitative estimate of drug-likeness (QED) is 0.240. The largest absolute Gasteiger partial charge is 0.289 e. The topological polar surface area (TPSA) is 54.4 Å². The molecule has 4 atom stereocenters. The van der Waals surface area contributed by atoms with E-state index >= 15 is 0 Å². The number of hydrogen-bond acceptors (Lipinski definition) is 3. The highest BCUT2D eigenvalue weighted by molar-refractivity contribution is 5.95. The fraction of sp³-hybridized carbons (Fsp3) is 0.194. The van der Waals surface area contributed by atoms with Crippen LogP contribution in [0.25, 0.3) is 10.9 Å². The molecular formula is C31H25N3O. The number of pyridine rings is 1. The summed E-state index contributed by atoms with van der Waals surface area (Å²) in [7, 11) is 0. The lowest BCUT2D eigenvalue weighted by atomic mass is 9.75. The van der Waals surface area contributed by atoms with Gasteiger partial charge in [0.1, 0.15) is 5.69 Å². The molecule has 1 heterocycles. The number of fused-ring (bicyclic) bond motifs is 6. The number of nitrogens with one attached hydrogen (secondary N) is 1. The van der Waals surface area contributed by atoms with Crippen molar-refractivity contribution in [1.29, 1.82) is 0 Å². The number of hydrogen-bond donors (Lipinski definition) is 1. The molecule has 3 aromatic carbocycles. The molecule has 4 heteroatoms. The number of para-hydroxylation sites is 1. The molecule has 3 aliphatic carbocycles. The van der Waals surface area contributed by atoms with Crippen LogP contribution < -0.4 is 5.43 Å². The van der Waals surface area contributed by atoms with Crippen molar-refractivity contribution in [2.45, 2.75) is 17.3 Å². The summed E-state index contributed by atoms with van der Waals surface area (Å²) in [5.74, 6) is 0.832. The second kappa shape index (κ2) is 7.47. The summed E-state index contributed by atoms with van der Waals surface area (Å²) in [5.41, 5.74) is 6.58. The maximum Gasteiger partial charge on any atom is 0.289 e. The number of carbonyl (C=O) groups is 1. The van der Waals surface area contributed by atoms with Gasteiger partial charge >= 0.3 is 0 Å². The van der Waals surface area contributed by atoms with Gasteiger partial charge in [-0.05, 0) is 41.5 Å². The lowest BCUT2D eigenvalue weighted by Crippen LogP contribution is -2.26. The fourth-order valence-electron chi connectivity index (χ4n) is 7.35. The molecule has 4 nitrogen and oxygen atoms in total. The Morgan fingerprint density at radius 3 is 2.06 bits per heavy atom. The van der Waals surface area contributed by atoms with Gasteiger partial charge in [0.2, 0.25) is 0 Å². The van der Waals surface area contributed by atoms with Crippen LogP contribution in [0.4, 0.5) is 0 Å². The molecule has 1 amide bonds. The van der Waals surface area contributed by atoms with Crippen LogP contribution in [0.2, 0.25) is 0 Å². The summed E-state index contributed by atoms with van der Waals surface area (Å²) in [4.78, 5) is 17.4. The SMILES string of the molecule is O=C(N/N=C/C1[C@@]2(c3ccccc3)[C@H]3C=C[C@@H](C3)[C@]12c1ccccc1)c1ccc2ccccc2n1. The van der Waals surface area contributed by atoms with Crippen molar-refractivity contribution in [3.8, 4) is 0 Å². The van der Waals surface area contributed by atoms with Gasteiger partial charge in [0.05, 0.1) is 5.52 Å². The molecule has 1 N–H and O–H groups in total. The predicted octanol–water partition coefficient (Wildman–Crippen LogP) is 5.66. The van der Waals surface area contributed by atoms with Crippen LogP contribution in [0.1, 0.15) is 28.0 Å². The lowest BCUT2D eigenvalue weighted by molar-refractivity contribution is 0.0950. The molecule has 4 aromatic rings. The van der Waals surface area contributed by atoms with Crippen molar-refractivity contribution in [3.63, 3.8) is 0 Å². The molecule has 35 heavy (non-hydrogen) atoms. The number of nitrogens with zero attached hydrogens (tertiary/aromatic N) is 2. The van der Waals surface area contributed by atoms with Crippen LogP contribution in [-0.4, -0.2) is 17.1 Å². The standard InChI is InChI=1S/C31H25N3O/c35-29(27-18-15-21-9-7-8-14-26(21)33-27)34-32-20-28-30(22-10-3-1-4-11-22)24-16-17-25(19-24)31(28,30)23-12-5-2-6-13-23/h1-18,20,24-25,28H,19H2,(H,34,35)/b32-20+/t24-,25-,30+,31+/m0/s1. The Labute approximate surface area is 204 Å². The first-order valence-corrected chi connectivity index (χ1v) is 12.2. The lowest BCUT2D eigenvalue weighted by Gasteiger charge is -2.27. The summed E-state index contributed by atoms with van der Waals surface area (Å²) in [6.07, 6.45) is 7.97. The summed E-state index contributed by atoms with van der Waals surface area (Å²) in [6, 6.07) is 33.2. The fourth-order valence-corrected chi connectivity index (χ4v) is 7.35. The number of aromatic nitrogens is 1. The Hall–Kier alpha value is -4.05. The Balaban J connectivity index is 1.24. The highest BCUT2D eigenvalue weighted by atomic mass is 16.2. The number of rotatable bonds is 5. The zero-order valence-electron chi connectivity index (χ0n) is 19.2. The van der Waals surface area contributed by atoms with E-state index < -0.39 is 0 Å². The third-order valence-corrected chi connectivity index (χ3v) is 8.56. The van der Waals surface area contributed by atoms with Crippen LogP contribution in [0.5, 0.6) is 0 Å². The predicted molar refractivity (Wildman–Crippen MR) is 138 cm³/mol.